The number of carbonyl (C=O) groups excluding carboxylic acids is 2. The van der Waals surface area contributed by atoms with Crippen LogP contribution >= 0.6 is 0 Å². The summed E-state index contributed by atoms with van der Waals surface area (Å²) in [5.74, 6) is 2.49. The zero-order valence-corrected chi connectivity index (χ0v) is 21.8. The number of amides is 2. The van der Waals surface area contributed by atoms with Crippen molar-refractivity contribution in [3.63, 3.8) is 0 Å². The fraction of sp³-hybridized carbons (Fsp3) is 0.643. The molecular formula is C28H40N4O4. The molecule has 1 N–H and O–H groups in total. The summed E-state index contributed by atoms with van der Waals surface area (Å²) in [5.41, 5.74) is 1.29. The van der Waals surface area contributed by atoms with Crippen LogP contribution in [-0.2, 0) is 22.4 Å². The minimum atomic E-state index is 0.0469. The molecule has 2 aliphatic heterocycles. The molecule has 1 fully saturated rings. The lowest BCUT2D eigenvalue weighted by Crippen LogP contribution is -2.48. The van der Waals surface area contributed by atoms with Gasteiger partial charge < -0.3 is 19.4 Å². The number of aryl methyl sites for hydroxylation is 2. The fourth-order valence-electron chi connectivity index (χ4n) is 5.17. The monoisotopic (exact) mass is 496 g/mol. The highest BCUT2D eigenvalue weighted by Crippen LogP contribution is 2.37. The Bertz CT molecular complexity index is 1010. The van der Waals surface area contributed by atoms with Crippen LogP contribution in [0.15, 0.2) is 28.7 Å². The van der Waals surface area contributed by atoms with Crippen molar-refractivity contribution in [1.29, 1.82) is 0 Å². The van der Waals surface area contributed by atoms with E-state index in [4.69, 9.17) is 9.15 Å². The van der Waals surface area contributed by atoms with Gasteiger partial charge in [-0.05, 0) is 55.6 Å². The maximum absolute atomic E-state index is 12.9. The first-order chi connectivity index (χ1) is 17.4. The predicted octanol–water partition coefficient (Wildman–Crippen LogP) is 4.44. The molecule has 0 aliphatic carbocycles. The van der Waals surface area contributed by atoms with Crippen LogP contribution in [0.4, 0.5) is 0 Å². The number of aromatic nitrogens is 2. The Balaban J connectivity index is 1.32. The highest BCUT2D eigenvalue weighted by Gasteiger charge is 2.35. The predicted molar refractivity (Wildman–Crippen MR) is 137 cm³/mol. The van der Waals surface area contributed by atoms with Crippen molar-refractivity contribution in [2.75, 3.05) is 26.2 Å². The van der Waals surface area contributed by atoms with E-state index in [1.165, 1.54) is 5.56 Å². The first kappa shape index (κ1) is 26.2. The second kappa shape index (κ2) is 12.4. The van der Waals surface area contributed by atoms with Crippen molar-refractivity contribution in [3.05, 3.63) is 41.6 Å². The van der Waals surface area contributed by atoms with Gasteiger partial charge in [0.1, 0.15) is 5.75 Å². The molecule has 0 radical (unpaired) electrons. The first-order valence-electron chi connectivity index (χ1n) is 13.5. The number of ether oxygens (including phenoxy) is 1. The van der Waals surface area contributed by atoms with Crippen molar-refractivity contribution in [2.24, 2.45) is 5.41 Å². The number of benzene rings is 1. The Morgan fingerprint density at radius 1 is 1.08 bits per heavy atom. The average Bonchev–Trinajstić information content (AvgIpc) is 3.37. The van der Waals surface area contributed by atoms with Crippen LogP contribution in [0, 0.1) is 5.41 Å². The number of likely N-dealkylation sites (tertiary alicyclic amines) is 1. The van der Waals surface area contributed by atoms with Gasteiger partial charge in [-0.25, -0.2) is 0 Å². The van der Waals surface area contributed by atoms with E-state index >= 15 is 0 Å². The Morgan fingerprint density at radius 3 is 2.67 bits per heavy atom. The molecule has 1 aromatic heterocycles. The van der Waals surface area contributed by atoms with E-state index in [-0.39, 0.29) is 23.1 Å². The SMILES string of the molecule is CC(C)c1nnc(CCC(=O)N2CCC3(CCCCc4ccccc4OCCCC(=O)NC3)CC2)o1. The number of hydrogen-bond donors (Lipinski definition) is 1. The molecule has 1 saturated heterocycles. The molecule has 3 heterocycles. The first-order valence-corrected chi connectivity index (χ1v) is 13.5. The molecule has 2 amide bonds. The number of fused-ring (bicyclic) bond motifs is 1. The maximum Gasteiger partial charge on any atom is 0.223 e. The molecule has 196 valence electrons. The van der Waals surface area contributed by atoms with Gasteiger partial charge in [0.05, 0.1) is 6.61 Å². The van der Waals surface area contributed by atoms with Crippen molar-refractivity contribution >= 4 is 11.8 Å². The van der Waals surface area contributed by atoms with E-state index < -0.39 is 0 Å². The van der Waals surface area contributed by atoms with Gasteiger partial charge in [0.2, 0.25) is 23.6 Å². The summed E-state index contributed by atoms with van der Waals surface area (Å²) in [7, 11) is 0. The number of hydrogen-bond acceptors (Lipinski definition) is 6. The molecule has 0 unspecified atom stereocenters. The number of carbonyl (C=O) groups is 2. The Kier molecular flexibility index (Phi) is 8.99. The zero-order chi connectivity index (χ0) is 25.4. The van der Waals surface area contributed by atoms with Gasteiger partial charge in [0.25, 0.3) is 0 Å². The second-order valence-electron chi connectivity index (χ2n) is 10.6. The van der Waals surface area contributed by atoms with E-state index in [2.05, 4.69) is 27.6 Å². The Labute approximate surface area is 214 Å². The third-order valence-electron chi connectivity index (χ3n) is 7.55. The van der Waals surface area contributed by atoms with Crippen LogP contribution < -0.4 is 10.1 Å². The van der Waals surface area contributed by atoms with Crippen molar-refractivity contribution < 1.29 is 18.7 Å². The summed E-state index contributed by atoms with van der Waals surface area (Å²) < 4.78 is 11.6. The third kappa shape index (κ3) is 7.08. The standard InChI is InChI=1S/C28H40N4O4/c1-21(2)27-31-30-25(36-27)12-13-26(34)32-17-15-28(16-18-32)14-6-5-9-22-8-3-4-10-23(22)35-19-7-11-24(33)29-20-28/h3-4,8,10,21H,5-7,9,11-20H2,1-2H3,(H,29,33). The van der Waals surface area contributed by atoms with E-state index in [1.54, 1.807) is 0 Å². The van der Waals surface area contributed by atoms with Crippen LogP contribution in [-0.4, -0.2) is 53.2 Å². The van der Waals surface area contributed by atoms with Crippen molar-refractivity contribution in [1.82, 2.24) is 20.4 Å². The highest BCUT2D eigenvalue weighted by atomic mass is 16.5. The lowest BCUT2D eigenvalue weighted by atomic mass is 9.74. The summed E-state index contributed by atoms with van der Waals surface area (Å²) >= 11 is 0. The molecule has 2 aromatic rings. The summed E-state index contributed by atoms with van der Waals surface area (Å²) in [6.45, 7) is 6.71. The van der Waals surface area contributed by atoms with Gasteiger partial charge in [0, 0.05) is 44.8 Å². The number of para-hydroxylation sites is 1. The minimum Gasteiger partial charge on any atom is -0.493 e. The van der Waals surface area contributed by atoms with Gasteiger partial charge in [-0.3, -0.25) is 9.59 Å². The van der Waals surface area contributed by atoms with Gasteiger partial charge >= 0.3 is 0 Å². The summed E-state index contributed by atoms with van der Waals surface area (Å²) in [5, 5.41) is 11.3. The van der Waals surface area contributed by atoms with Gasteiger partial charge in [-0.15, -0.1) is 10.2 Å². The molecule has 1 spiro atoms. The van der Waals surface area contributed by atoms with E-state index in [0.717, 1.165) is 57.4 Å². The molecule has 8 heteroatoms. The smallest absolute Gasteiger partial charge is 0.223 e. The third-order valence-corrected chi connectivity index (χ3v) is 7.55. The highest BCUT2D eigenvalue weighted by molar-refractivity contribution is 5.76. The number of rotatable bonds is 4. The van der Waals surface area contributed by atoms with Gasteiger partial charge in [0.15, 0.2) is 0 Å². The molecule has 4 rings (SSSR count). The molecule has 8 nitrogen and oxygen atoms in total. The van der Waals surface area contributed by atoms with Crippen molar-refractivity contribution in [2.45, 2.75) is 84.0 Å². The van der Waals surface area contributed by atoms with Crippen LogP contribution in [0.25, 0.3) is 0 Å². The zero-order valence-electron chi connectivity index (χ0n) is 21.8. The van der Waals surface area contributed by atoms with Gasteiger partial charge in [-0.2, -0.15) is 0 Å². The van der Waals surface area contributed by atoms with Crippen LogP contribution in [0.5, 0.6) is 5.75 Å². The summed E-state index contributed by atoms with van der Waals surface area (Å²) in [6.07, 6.45) is 8.08. The fourth-order valence-corrected chi connectivity index (χ4v) is 5.17. The molecular weight excluding hydrogens is 456 g/mol. The van der Waals surface area contributed by atoms with Crippen LogP contribution in [0.2, 0.25) is 0 Å². The summed E-state index contributed by atoms with van der Waals surface area (Å²) in [4.78, 5) is 27.4. The quantitative estimate of drug-likeness (QED) is 0.672. The van der Waals surface area contributed by atoms with E-state index in [0.29, 0.717) is 50.6 Å². The largest absolute Gasteiger partial charge is 0.493 e. The molecule has 0 atom stereocenters. The molecule has 2 aliphatic rings. The lowest BCUT2D eigenvalue weighted by molar-refractivity contribution is -0.134. The van der Waals surface area contributed by atoms with Crippen LogP contribution in [0.1, 0.15) is 88.5 Å². The number of nitrogens with zero attached hydrogens (tertiary/aromatic N) is 3. The Morgan fingerprint density at radius 2 is 1.89 bits per heavy atom. The van der Waals surface area contributed by atoms with Gasteiger partial charge in [-0.1, -0.05) is 38.5 Å². The van der Waals surface area contributed by atoms with E-state index in [9.17, 15) is 9.59 Å². The average molecular weight is 497 g/mol. The second-order valence-corrected chi connectivity index (χ2v) is 10.6. The number of nitrogens with one attached hydrogen (secondary N) is 1. The van der Waals surface area contributed by atoms with Crippen LogP contribution in [0.3, 0.4) is 0 Å². The molecule has 0 bridgehead atoms. The minimum absolute atomic E-state index is 0.0469. The molecule has 36 heavy (non-hydrogen) atoms. The topological polar surface area (TPSA) is 97.6 Å². The normalized spacial score (nSPS) is 19.3. The molecule has 1 aromatic carbocycles. The molecule has 0 saturated carbocycles. The number of piperidine rings is 1. The van der Waals surface area contributed by atoms with E-state index in [1.807, 2.05) is 30.9 Å². The summed E-state index contributed by atoms with van der Waals surface area (Å²) in [6, 6.07) is 8.24. The maximum atomic E-state index is 12.9. The lowest BCUT2D eigenvalue weighted by Gasteiger charge is -2.42. The van der Waals surface area contributed by atoms with Crippen molar-refractivity contribution in [3.8, 4) is 5.75 Å². The Hall–Kier alpha value is -2.90.